The molecule has 24 heavy (non-hydrogen) atoms. The minimum Gasteiger partial charge on any atom is -0.506 e. The van der Waals surface area contributed by atoms with Crippen LogP contribution in [0.1, 0.15) is 18.4 Å². The summed E-state index contributed by atoms with van der Waals surface area (Å²) in [5, 5.41) is 13.3. The molecule has 0 saturated heterocycles. The molecule has 0 amide bonds. The fourth-order valence-corrected chi connectivity index (χ4v) is 3.03. The second-order valence-electron chi connectivity index (χ2n) is 5.33. The standard InChI is InChI=1S/C16H17BrClN5O/c17-12-5-3-4-11(14(12)24)8-19-15-13-16(21-9-20-15)23(10-22-13)7-2-1-6-18/h3-5,9-10,24H,1-2,6-8H2,(H,19,20,21). The predicted octanol–water partition coefficient (Wildman–Crippen LogP) is 3.93. The lowest BCUT2D eigenvalue weighted by molar-refractivity contribution is 0.465. The molecule has 8 heteroatoms. The molecule has 126 valence electrons. The van der Waals surface area contributed by atoms with Crippen molar-refractivity contribution in [2.75, 3.05) is 11.2 Å². The van der Waals surface area contributed by atoms with Crippen LogP contribution in [0.3, 0.4) is 0 Å². The third-order valence-electron chi connectivity index (χ3n) is 3.70. The van der Waals surface area contributed by atoms with E-state index in [1.165, 1.54) is 6.33 Å². The van der Waals surface area contributed by atoms with Gasteiger partial charge in [-0.25, -0.2) is 15.0 Å². The number of unbranched alkanes of at least 4 members (excludes halogenated alkanes) is 1. The molecule has 1 aromatic carbocycles. The molecule has 2 N–H and O–H groups in total. The van der Waals surface area contributed by atoms with Gasteiger partial charge in [-0.3, -0.25) is 0 Å². The number of benzene rings is 1. The van der Waals surface area contributed by atoms with Gasteiger partial charge in [-0.15, -0.1) is 11.6 Å². The number of para-hydroxylation sites is 1. The van der Waals surface area contributed by atoms with Crippen LogP contribution >= 0.6 is 27.5 Å². The lowest BCUT2D eigenvalue weighted by Crippen LogP contribution is -2.04. The largest absolute Gasteiger partial charge is 0.506 e. The van der Waals surface area contributed by atoms with Gasteiger partial charge in [0, 0.05) is 24.5 Å². The first-order valence-electron chi connectivity index (χ1n) is 7.62. The highest BCUT2D eigenvalue weighted by molar-refractivity contribution is 9.10. The average Bonchev–Trinajstić information content (AvgIpc) is 3.00. The van der Waals surface area contributed by atoms with E-state index in [1.807, 2.05) is 16.7 Å². The second-order valence-corrected chi connectivity index (χ2v) is 6.56. The van der Waals surface area contributed by atoms with Gasteiger partial charge in [0.1, 0.15) is 17.6 Å². The van der Waals surface area contributed by atoms with Crippen molar-refractivity contribution >= 4 is 44.5 Å². The molecule has 3 aromatic rings. The van der Waals surface area contributed by atoms with Gasteiger partial charge < -0.3 is 15.0 Å². The number of rotatable bonds is 7. The molecule has 6 nitrogen and oxygen atoms in total. The highest BCUT2D eigenvalue weighted by atomic mass is 79.9. The van der Waals surface area contributed by atoms with Crippen LogP contribution in [0.5, 0.6) is 5.75 Å². The van der Waals surface area contributed by atoms with Gasteiger partial charge in [0.15, 0.2) is 11.5 Å². The number of nitrogens with one attached hydrogen (secondary N) is 1. The predicted molar refractivity (Wildman–Crippen MR) is 98.4 cm³/mol. The number of nitrogens with zero attached hydrogens (tertiary/aromatic N) is 4. The number of imidazole rings is 1. The SMILES string of the molecule is Oc1c(Br)cccc1CNc1ncnc2c1ncn2CCCCCl. The highest BCUT2D eigenvalue weighted by Crippen LogP contribution is 2.28. The summed E-state index contributed by atoms with van der Waals surface area (Å²) in [6, 6.07) is 5.53. The van der Waals surface area contributed by atoms with E-state index in [0.29, 0.717) is 22.7 Å². The van der Waals surface area contributed by atoms with Crippen molar-refractivity contribution < 1.29 is 5.11 Å². The summed E-state index contributed by atoms with van der Waals surface area (Å²) in [5.41, 5.74) is 2.29. The van der Waals surface area contributed by atoms with Crippen LogP contribution < -0.4 is 5.32 Å². The Kier molecular flexibility index (Phi) is 5.52. The summed E-state index contributed by atoms with van der Waals surface area (Å²) in [7, 11) is 0. The van der Waals surface area contributed by atoms with Gasteiger partial charge in [0.05, 0.1) is 10.8 Å². The third-order valence-corrected chi connectivity index (χ3v) is 4.61. The third kappa shape index (κ3) is 3.62. The maximum Gasteiger partial charge on any atom is 0.165 e. The number of aromatic hydroxyl groups is 1. The van der Waals surface area contributed by atoms with E-state index in [1.54, 1.807) is 12.4 Å². The van der Waals surface area contributed by atoms with Crippen LogP contribution in [-0.4, -0.2) is 30.5 Å². The topological polar surface area (TPSA) is 75.9 Å². The van der Waals surface area contributed by atoms with Crippen LogP contribution in [0.15, 0.2) is 35.3 Å². The lowest BCUT2D eigenvalue weighted by Gasteiger charge is -2.09. The van der Waals surface area contributed by atoms with E-state index in [2.05, 4.69) is 36.2 Å². The molecule has 0 saturated carbocycles. The smallest absolute Gasteiger partial charge is 0.165 e. The first-order valence-corrected chi connectivity index (χ1v) is 8.95. The number of alkyl halides is 1. The maximum absolute atomic E-state index is 10.1. The van der Waals surface area contributed by atoms with Crippen molar-refractivity contribution in [2.45, 2.75) is 25.9 Å². The molecular formula is C16H17BrClN5O. The Bertz CT molecular complexity index is 838. The molecule has 0 spiro atoms. The van der Waals surface area contributed by atoms with Crippen LogP contribution in [-0.2, 0) is 13.1 Å². The van der Waals surface area contributed by atoms with Crippen LogP contribution in [0, 0.1) is 0 Å². The average molecular weight is 411 g/mol. The van der Waals surface area contributed by atoms with Crippen molar-refractivity contribution in [1.82, 2.24) is 19.5 Å². The monoisotopic (exact) mass is 409 g/mol. The van der Waals surface area contributed by atoms with Crippen LogP contribution in [0.2, 0.25) is 0 Å². The first kappa shape index (κ1) is 17.0. The number of halogens is 2. The number of hydrogen-bond donors (Lipinski definition) is 2. The van der Waals surface area contributed by atoms with Crippen molar-refractivity contribution in [1.29, 1.82) is 0 Å². The van der Waals surface area contributed by atoms with E-state index in [-0.39, 0.29) is 5.75 Å². The Morgan fingerprint density at radius 2 is 2.08 bits per heavy atom. The number of fused-ring (bicyclic) bond motifs is 1. The molecule has 0 bridgehead atoms. The van der Waals surface area contributed by atoms with Gasteiger partial charge in [-0.2, -0.15) is 0 Å². The van der Waals surface area contributed by atoms with Gasteiger partial charge in [0.25, 0.3) is 0 Å². The van der Waals surface area contributed by atoms with E-state index < -0.39 is 0 Å². The number of anilines is 1. The zero-order chi connectivity index (χ0) is 16.9. The zero-order valence-corrected chi connectivity index (χ0v) is 15.3. The zero-order valence-electron chi connectivity index (χ0n) is 12.9. The van der Waals surface area contributed by atoms with Crippen molar-refractivity contribution in [2.24, 2.45) is 0 Å². The lowest BCUT2D eigenvalue weighted by atomic mass is 10.2. The Balaban J connectivity index is 1.79. The summed E-state index contributed by atoms with van der Waals surface area (Å²) in [5.74, 6) is 1.53. The van der Waals surface area contributed by atoms with Crippen molar-refractivity contribution in [3.63, 3.8) is 0 Å². The second kappa shape index (κ2) is 7.81. The molecule has 0 aliphatic carbocycles. The maximum atomic E-state index is 10.1. The van der Waals surface area contributed by atoms with E-state index >= 15 is 0 Å². The molecule has 0 fully saturated rings. The minimum absolute atomic E-state index is 0.224. The molecular weight excluding hydrogens is 394 g/mol. The first-order chi connectivity index (χ1) is 11.7. The van der Waals surface area contributed by atoms with E-state index in [0.717, 1.165) is 36.1 Å². The van der Waals surface area contributed by atoms with Gasteiger partial charge in [0.2, 0.25) is 0 Å². The Morgan fingerprint density at radius 3 is 2.92 bits per heavy atom. The van der Waals surface area contributed by atoms with Crippen molar-refractivity contribution in [3.05, 3.63) is 40.9 Å². The fourth-order valence-electron chi connectivity index (χ4n) is 2.43. The van der Waals surface area contributed by atoms with Gasteiger partial charge in [-0.05, 0) is 34.8 Å². The number of hydrogen-bond acceptors (Lipinski definition) is 5. The Labute approximate surface area is 153 Å². The van der Waals surface area contributed by atoms with Gasteiger partial charge >= 0.3 is 0 Å². The Morgan fingerprint density at radius 1 is 1.21 bits per heavy atom. The quantitative estimate of drug-likeness (QED) is 0.456. The Hall–Kier alpha value is -1.86. The molecule has 3 rings (SSSR count). The van der Waals surface area contributed by atoms with E-state index in [9.17, 15) is 5.11 Å². The van der Waals surface area contributed by atoms with Gasteiger partial charge in [-0.1, -0.05) is 12.1 Å². The van der Waals surface area contributed by atoms with Crippen LogP contribution in [0.4, 0.5) is 5.82 Å². The summed E-state index contributed by atoms with van der Waals surface area (Å²) < 4.78 is 2.67. The summed E-state index contributed by atoms with van der Waals surface area (Å²) in [4.78, 5) is 13.0. The molecule has 0 unspecified atom stereocenters. The number of phenols is 1. The highest BCUT2D eigenvalue weighted by Gasteiger charge is 2.11. The minimum atomic E-state index is 0.224. The molecule has 2 aromatic heterocycles. The number of aromatic nitrogens is 4. The summed E-state index contributed by atoms with van der Waals surface area (Å²) in [6.07, 6.45) is 5.23. The van der Waals surface area contributed by atoms with Crippen molar-refractivity contribution in [3.8, 4) is 5.75 Å². The summed E-state index contributed by atoms with van der Waals surface area (Å²) in [6.45, 7) is 1.27. The number of aryl methyl sites for hydroxylation is 1. The molecule has 0 atom stereocenters. The number of phenolic OH excluding ortho intramolecular Hbond substituents is 1. The van der Waals surface area contributed by atoms with Crippen LogP contribution in [0.25, 0.3) is 11.2 Å². The molecule has 0 radical (unpaired) electrons. The molecule has 0 aliphatic heterocycles. The molecule has 0 aliphatic rings. The fraction of sp³-hybridized carbons (Fsp3) is 0.312. The van der Waals surface area contributed by atoms with E-state index in [4.69, 9.17) is 11.6 Å². The normalized spacial score (nSPS) is 11.1. The summed E-state index contributed by atoms with van der Waals surface area (Å²) >= 11 is 9.04. The molecule has 2 heterocycles.